The van der Waals surface area contributed by atoms with Crippen molar-refractivity contribution >= 4 is 34.7 Å². The minimum Gasteiger partial charge on any atom is -0.487 e. The predicted octanol–water partition coefficient (Wildman–Crippen LogP) is 4.30. The molecule has 0 fully saturated rings. The van der Waals surface area contributed by atoms with Crippen molar-refractivity contribution < 1.29 is 9.53 Å². The summed E-state index contributed by atoms with van der Waals surface area (Å²) in [6, 6.07) is 12.7. The van der Waals surface area contributed by atoms with Crippen LogP contribution in [0.15, 0.2) is 54.0 Å². The van der Waals surface area contributed by atoms with Crippen LogP contribution in [0.2, 0.25) is 0 Å². The molecule has 1 aromatic carbocycles. The molecule has 0 aliphatic carbocycles. The van der Waals surface area contributed by atoms with E-state index >= 15 is 0 Å². The second-order valence-electron chi connectivity index (χ2n) is 6.97. The van der Waals surface area contributed by atoms with Crippen LogP contribution in [0.4, 0.5) is 0 Å². The fourth-order valence-corrected chi connectivity index (χ4v) is 4.24. The highest BCUT2D eigenvalue weighted by Crippen LogP contribution is 2.20. The maximum absolute atomic E-state index is 12.9. The average molecular weight is 454 g/mol. The summed E-state index contributed by atoms with van der Waals surface area (Å²) < 4.78 is 7.69. The van der Waals surface area contributed by atoms with Crippen LogP contribution in [-0.4, -0.2) is 37.5 Å². The molecule has 1 amide bonds. The summed E-state index contributed by atoms with van der Waals surface area (Å²) in [4.78, 5) is 17.3. The summed E-state index contributed by atoms with van der Waals surface area (Å²) >= 11 is 3.33. The van der Waals surface area contributed by atoms with Crippen LogP contribution in [0.25, 0.3) is 5.65 Å². The lowest BCUT2D eigenvalue weighted by molar-refractivity contribution is 0.0933. The van der Waals surface area contributed by atoms with Crippen LogP contribution in [0.5, 0.6) is 5.75 Å². The number of carbonyl (C=O) groups is 1. The number of thiazole rings is 1. The number of hydrogen-bond donors (Lipinski definition) is 1. The normalized spacial score (nSPS) is 12.1. The van der Waals surface area contributed by atoms with Gasteiger partial charge in [-0.25, -0.2) is 4.98 Å². The van der Waals surface area contributed by atoms with Crippen LogP contribution >= 0.6 is 23.1 Å². The summed E-state index contributed by atoms with van der Waals surface area (Å²) in [5, 5.41) is 14.7. The van der Waals surface area contributed by atoms with E-state index in [0.29, 0.717) is 17.9 Å². The Morgan fingerprint density at radius 3 is 2.81 bits per heavy atom. The molecule has 0 bridgehead atoms. The van der Waals surface area contributed by atoms with Gasteiger partial charge in [0.05, 0.1) is 16.7 Å². The van der Waals surface area contributed by atoms with Gasteiger partial charge in [-0.15, -0.1) is 21.5 Å². The van der Waals surface area contributed by atoms with Gasteiger partial charge in [0.15, 0.2) is 11.5 Å². The summed E-state index contributed by atoms with van der Waals surface area (Å²) in [5.74, 6) is 2.18. The van der Waals surface area contributed by atoms with E-state index in [9.17, 15) is 4.79 Å². The Hall–Kier alpha value is -2.91. The highest BCUT2D eigenvalue weighted by atomic mass is 32.2. The van der Waals surface area contributed by atoms with Gasteiger partial charge in [0, 0.05) is 17.1 Å². The van der Waals surface area contributed by atoms with Crippen LogP contribution in [-0.2, 0) is 6.61 Å². The van der Waals surface area contributed by atoms with Crippen LogP contribution in [0.3, 0.4) is 0 Å². The maximum Gasteiger partial charge on any atom is 0.251 e. The van der Waals surface area contributed by atoms with E-state index in [-0.39, 0.29) is 11.9 Å². The number of ether oxygens (including phenoxy) is 1. The highest BCUT2D eigenvalue weighted by molar-refractivity contribution is 7.98. The van der Waals surface area contributed by atoms with E-state index in [0.717, 1.165) is 34.3 Å². The van der Waals surface area contributed by atoms with E-state index in [1.807, 2.05) is 47.4 Å². The zero-order chi connectivity index (χ0) is 21.6. The summed E-state index contributed by atoms with van der Waals surface area (Å²) in [5.41, 5.74) is 2.24. The van der Waals surface area contributed by atoms with E-state index < -0.39 is 0 Å². The standard InChI is InChI=1S/C22H23N5O2S2/c1-15-23-17(14-31-15)13-29-18-8-6-16(7-9-18)22(28)24-19(10-12-30-2)21-26-25-20-5-3-4-11-27(20)21/h3-9,11,14,19H,10,12-13H2,1-2H3,(H,24,28)/t19-/m1/s1. The molecule has 31 heavy (non-hydrogen) atoms. The summed E-state index contributed by atoms with van der Waals surface area (Å²) in [6.45, 7) is 2.38. The van der Waals surface area contributed by atoms with Crippen molar-refractivity contribution in [1.82, 2.24) is 24.9 Å². The Morgan fingerprint density at radius 2 is 2.06 bits per heavy atom. The molecule has 4 rings (SSSR count). The van der Waals surface area contributed by atoms with E-state index in [2.05, 4.69) is 20.5 Å². The Bertz CT molecular complexity index is 1160. The molecule has 0 unspecified atom stereocenters. The number of hydrogen-bond acceptors (Lipinski definition) is 7. The van der Waals surface area contributed by atoms with E-state index in [1.165, 1.54) is 0 Å². The first-order chi connectivity index (χ1) is 15.1. The number of aryl methyl sites for hydroxylation is 1. The van der Waals surface area contributed by atoms with Crippen molar-refractivity contribution in [2.24, 2.45) is 0 Å². The predicted molar refractivity (Wildman–Crippen MR) is 124 cm³/mol. The summed E-state index contributed by atoms with van der Waals surface area (Å²) in [6.07, 6.45) is 4.72. The molecular weight excluding hydrogens is 430 g/mol. The number of pyridine rings is 1. The molecule has 1 N–H and O–H groups in total. The number of nitrogens with zero attached hydrogens (tertiary/aromatic N) is 4. The number of nitrogens with one attached hydrogen (secondary N) is 1. The number of rotatable bonds is 9. The molecule has 0 saturated heterocycles. The second-order valence-corrected chi connectivity index (χ2v) is 9.01. The monoisotopic (exact) mass is 453 g/mol. The van der Waals surface area contributed by atoms with Crippen molar-refractivity contribution in [3.8, 4) is 5.75 Å². The molecule has 0 radical (unpaired) electrons. The lowest BCUT2D eigenvalue weighted by Crippen LogP contribution is -2.30. The van der Waals surface area contributed by atoms with Crippen molar-refractivity contribution in [3.05, 3.63) is 76.1 Å². The van der Waals surface area contributed by atoms with Gasteiger partial charge in [0.2, 0.25) is 0 Å². The van der Waals surface area contributed by atoms with Gasteiger partial charge in [-0.2, -0.15) is 11.8 Å². The van der Waals surface area contributed by atoms with Crippen molar-refractivity contribution in [1.29, 1.82) is 0 Å². The van der Waals surface area contributed by atoms with E-state index in [4.69, 9.17) is 4.74 Å². The zero-order valence-electron chi connectivity index (χ0n) is 17.3. The van der Waals surface area contributed by atoms with Gasteiger partial charge in [-0.3, -0.25) is 9.20 Å². The molecule has 3 heterocycles. The first kappa shape index (κ1) is 21.3. The molecular formula is C22H23N5O2S2. The Labute approximate surface area is 188 Å². The molecule has 4 aromatic rings. The molecule has 3 aromatic heterocycles. The Morgan fingerprint density at radius 1 is 1.23 bits per heavy atom. The Balaban J connectivity index is 1.44. The van der Waals surface area contributed by atoms with Crippen LogP contribution < -0.4 is 10.1 Å². The summed E-state index contributed by atoms with van der Waals surface area (Å²) in [7, 11) is 0. The zero-order valence-corrected chi connectivity index (χ0v) is 18.9. The smallest absolute Gasteiger partial charge is 0.251 e. The van der Waals surface area contributed by atoms with Gasteiger partial charge in [0.1, 0.15) is 12.4 Å². The topological polar surface area (TPSA) is 81.4 Å². The third-order valence-corrected chi connectivity index (χ3v) is 6.20. The molecule has 0 saturated carbocycles. The van der Waals surface area contributed by atoms with Gasteiger partial charge in [-0.05, 0) is 61.8 Å². The number of fused-ring (bicyclic) bond motifs is 1. The van der Waals surface area contributed by atoms with E-state index in [1.54, 1.807) is 47.4 Å². The number of thioether (sulfide) groups is 1. The fraction of sp³-hybridized carbons (Fsp3) is 0.273. The van der Waals surface area contributed by atoms with Gasteiger partial charge >= 0.3 is 0 Å². The molecule has 160 valence electrons. The first-order valence-corrected chi connectivity index (χ1v) is 12.1. The SMILES string of the molecule is CSCC[C@@H](NC(=O)c1ccc(OCc2csc(C)n2)cc1)c1nnc2ccccn12. The average Bonchev–Trinajstić information content (AvgIpc) is 3.41. The van der Waals surface area contributed by atoms with Gasteiger partial charge in [-0.1, -0.05) is 6.07 Å². The lowest BCUT2D eigenvalue weighted by atomic mass is 10.1. The van der Waals surface area contributed by atoms with Crippen molar-refractivity contribution in [2.75, 3.05) is 12.0 Å². The van der Waals surface area contributed by atoms with Crippen LogP contribution in [0.1, 0.15) is 39.3 Å². The van der Waals surface area contributed by atoms with Crippen molar-refractivity contribution in [2.45, 2.75) is 26.0 Å². The van der Waals surface area contributed by atoms with Gasteiger partial charge in [0.25, 0.3) is 5.91 Å². The largest absolute Gasteiger partial charge is 0.487 e. The third kappa shape index (κ3) is 5.23. The molecule has 7 nitrogen and oxygen atoms in total. The fourth-order valence-electron chi connectivity index (χ4n) is 3.17. The second kappa shape index (κ2) is 9.93. The first-order valence-electron chi connectivity index (χ1n) is 9.87. The Kier molecular flexibility index (Phi) is 6.83. The number of amides is 1. The number of benzene rings is 1. The minimum atomic E-state index is -0.235. The quantitative estimate of drug-likeness (QED) is 0.407. The lowest BCUT2D eigenvalue weighted by Gasteiger charge is -2.17. The number of carbonyl (C=O) groups excluding carboxylic acids is 1. The number of aromatic nitrogens is 4. The molecule has 0 spiro atoms. The van der Waals surface area contributed by atoms with Gasteiger partial charge < -0.3 is 10.1 Å². The van der Waals surface area contributed by atoms with Crippen molar-refractivity contribution in [3.63, 3.8) is 0 Å². The molecule has 0 aliphatic heterocycles. The highest BCUT2D eigenvalue weighted by Gasteiger charge is 2.21. The maximum atomic E-state index is 12.9. The molecule has 9 heteroatoms. The molecule has 0 aliphatic rings. The minimum absolute atomic E-state index is 0.152. The third-order valence-electron chi connectivity index (χ3n) is 4.74. The molecule has 1 atom stereocenters. The van der Waals surface area contributed by atoms with Crippen LogP contribution in [0, 0.1) is 6.92 Å².